The summed E-state index contributed by atoms with van der Waals surface area (Å²) in [6, 6.07) is 7.75. The molecule has 0 radical (unpaired) electrons. The first-order valence-electron chi connectivity index (χ1n) is 6.61. The number of rotatable bonds is 3. The summed E-state index contributed by atoms with van der Waals surface area (Å²) in [6.07, 6.45) is 3.43. The van der Waals surface area contributed by atoms with E-state index in [4.69, 9.17) is 0 Å². The van der Waals surface area contributed by atoms with Crippen LogP contribution in [0.4, 0.5) is 14.5 Å². The molecule has 3 nitrogen and oxygen atoms in total. The Labute approximate surface area is 130 Å². The van der Waals surface area contributed by atoms with Gasteiger partial charge in [-0.2, -0.15) is 0 Å². The van der Waals surface area contributed by atoms with Gasteiger partial charge in [-0.1, -0.05) is 18.0 Å². The number of nitrogens with one attached hydrogen (secondary N) is 1. The number of anilines is 1. The van der Waals surface area contributed by atoms with Crippen LogP contribution in [-0.2, 0) is 0 Å². The molecule has 0 bridgehead atoms. The van der Waals surface area contributed by atoms with Crippen molar-refractivity contribution in [2.75, 3.05) is 11.0 Å². The van der Waals surface area contributed by atoms with Crippen LogP contribution < -0.4 is 4.72 Å². The Kier molecular flexibility index (Phi) is 3.94. The van der Waals surface area contributed by atoms with Gasteiger partial charge in [-0.15, -0.1) is 0 Å². The van der Waals surface area contributed by atoms with Gasteiger partial charge >= 0.3 is 0 Å². The highest BCUT2D eigenvalue weighted by Crippen LogP contribution is 2.32. The van der Waals surface area contributed by atoms with Crippen LogP contribution in [-0.4, -0.2) is 16.2 Å². The van der Waals surface area contributed by atoms with Crippen molar-refractivity contribution in [1.29, 1.82) is 0 Å². The second-order valence-electron chi connectivity index (χ2n) is 4.78. The molecule has 3 rings (SSSR count). The normalized spacial score (nSPS) is 10.9. The summed E-state index contributed by atoms with van der Waals surface area (Å²) in [7, 11) is 0. The van der Waals surface area contributed by atoms with Crippen LogP contribution in [0.1, 0.15) is 5.82 Å². The quantitative estimate of drug-likeness (QED) is 0.718. The molecule has 1 aromatic heterocycles. The van der Waals surface area contributed by atoms with Crippen molar-refractivity contribution in [3.05, 3.63) is 54.0 Å². The highest BCUT2D eigenvalue weighted by atomic mass is 32.2. The van der Waals surface area contributed by atoms with Gasteiger partial charge < -0.3 is 4.72 Å². The molecule has 0 fully saturated rings. The number of benzene rings is 2. The van der Waals surface area contributed by atoms with Gasteiger partial charge in [0.1, 0.15) is 11.6 Å². The molecule has 2 aromatic carbocycles. The third kappa shape index (κ3) is 2.62. The summed E-state index contributed by atoms with van der Waals surface area (Å²) >= 11 is 1.25. The van der Waals surface area contributed by atoms with Crippen LogP contribution >= 0.6 is 11.9 Å². The third-order valence-electron chi connectivity index (χ3n) is 3.29. The summed E-state index contributed by atoms with van der Waals surface area (Å²) < 4.78 is 31.4. The highest BCUT2D eigenvalue weighted by Gasteiger charge is 2.16. The largest absolute Gasteiger partial charge is 0.327 e. The maximum Gasteiger partial charge on any atom is 0.157 e. The lowest BCUT2D eigenvalue weighted by Crippen LogP contribution is -1.97. The summed E-state index contributed by atoms with van der Waals surface area (Å²) in [5.74, 6) is -0.554. The summed E-state index contributed by atoms with van der Waals surface area (Å²) in [5.41, 5.74) is 1.40. The first-order valence-corrected chi connectivity index (χ1v) is 7.83. The standard InChI is InChI=1S/C16H13F2N3S/c1-9-19-8-11-7-10(3-5-13(11)20-9)15-12(17)4-6-14(16(15)18)21-22-2/h3-8,21H,1-2H3. The fourth-order valence-corrected chi connectivity index (χ4v) is 2.66. The first kappa shape index (κ1) is 14.7. The Morgan fingerprint density at radius 3 is 2.73 bits per heavy atom. The van der Waals surface area contributed by atoms with Gasteiger partial charge in [0, 0.05) is 17.8 Å². The van der Waals surface area contributed by atoms with Crippen LogP contribution in [0.15, 0.2) is 36.5 Å². The van der Waals surface area contributed by atoms with E-state index in [1.54, 1.807) is 37.6 Å². The average Bonchev–Trinajstić information content (AvgIpc) is 2.50. The van der Waals surface area contributed by atoms with E-state index < -0.39 is 11.6 Å². The summed E-state index contributed by atoms with van der Waals surface area (Å²) in [4.78, 5) is 8.41. The van der Waals surface area contributed by atoms with Gasteiger partial charge in [-0.3, -0.25) is 0 Å². The van der Waals surface area contributed by atoms with E-state index in [0.717, 1.165) is 10.9 Å². The minimum absolute atomic E-state index is 0.0541. The maximum absolute atomic E-state index is 14.5. The Morgan fingerprint density at radius 1 is 1.14 bits per heavy atom. The SMILES string of the molecule is CSNc1ccc(F)c(-c2ccc3nc(C)ncc3c2)c1F. The molecular weight excluding hydrogens is 304 g/mol. The molecule has 112 valence electrons. The number of halogens is 2. The molecule has 0 saturated carbocycles. The van der Waals surface area contributed by atoms with Crippen LogP contribution in [0.5, 0.6) is 0 Å². The van der Waals surface area contributed by atoms with E-state index >= 15 is 0 Å². The van der Waals surface area contributed by atoms with E-state index in [1.165, 1.54) is 24.1 Å². The zero-order valence-electron chi connectivity index (χ0n) is 12.0. The van der Waals surface area contributed by atoms with Crippen molar-refractivity contribution in [1.82, 2.24) is 9.97 Å². The van der Waals surface area contributed by atoms with Gasteiger partial charge in [0.25, 0.3) is 0 Å². The minimum atomic E-state index is -0.610. The lowest BCUT2D eigenvalue weighted by atomic mass is 10.0. The Hall–Kier alpha value is -2.21. The number of hydrogen-bond acceptors (Lipinski definition) is 4. The van der Waals surface area contributed by atoms with Gasteiger partial charge in [0.05, 0.1) is 16.8 Å². The van der Waals surface area contributed by atoms with E-state index in [0.29, 0.717) is 11.4 Å². The molecule has 0 amide bonds. The van der Waals surface area contributed by atoms with Crippen molar-refractivity contribution in [2.45, 2.75) is 6.92 Å². The molecule has 0 aliphatic rings. The van der Waals surface area contributed by atoms with Gasteiger partial charge in [0.2, 0.25) is 0 Å². The molecule has 3 aromatic rings. The lowest BCUT2D eigenvalue weighted by molar-refractivity contribution is 0.592. The predicted octanol–water partition coefficient (Wildman–Crippen LogP) is 4.57. The van der Waals surface area contributed by atoms with Crippen LogP contribution in [0, 0.1) is 18.6 Å². The number of nitrogens with zero attached hydrogens (tertiary/aromatic N) is 2. The molecule has 0 spiro atoms. The highest BCUT2D eigenvalue weighted by molar-refractivity contribution is 7.99. The molecule has 1 N–H and O–H groups in total. The zero-order valence-corrected chi connectivity index (χ0v) is 12.8. The van der Waals surface area contributed by atoms with E-state index in [2.05, 4.69) is 14.7 Å². The molecule has 0 aliphatic carbocycles. The fourth-order valence-electron chi connectivity index (χ4n) is 2.29. The van der Waals surface area contributed by atoms with Gasteiger partial charge in [-0.25, -0.2) is 18.7 Å². The Balaban J connectivity index is 2.18. The van der Waals surface area contributed by atoms with Crippen LogP contribution in [0.2, 0.25) is 0 Å². The van der Waals surface area contributed by atoms with Crippen molar-refractivity contribution >= 4 is 28.5 Å². The van der Waals surface area contributed by atoms with E-state index in [9.17, 15) is 8.78 Å². The van der Waals surface area contributed by atoms with Crippen LogP contribution in [0.3, 0.4) is 0 Å². The Bertz CT molecular complexity index is 852. The molecule has 22 heavy (non-hydrogen) atoms. The van der Waals surface area contributed by atoms with Crippen molar-refractivity contribution in [2.24, 2.45) is 0 Å². The van der Waals surface area contributed by atoms with E-state index in [-0.39, 0.29) is 11.3 Å². The maximum atomic E-state index is 14.5. The molecular formula is C16H13F2N3S. The smallest absolute Gasteiger partial charge is 0.157 e. The topological polar surface area (TPSA) is 37.8 Å². The number of aromatic nitrogens is 2. The first-order chi connectivity index (χ1) is 10.6. The summed E-state index contributed by atoms with van der Waals surface area (Å²) in [5, 5.41) is 0.741. The van der Waals surface area contributed by atoms with Gasteiger partial charge in [0.15, 0.2) is 5.82 Å². The van der Waals surface area contributed by atoms with Crippen molar-refractivity contribution in [3.63, 3.8) is 0 Å². The fraction of sp³-hybridized carbons (Fsp3) is 0.125. The van der Waals surface area contributed by atoms with Crippen molar-refractivity contribution < 1.29 is 8.78 Å². The molecule has 0 saturated heterocycles. The average molecular weight is 317 g/mol. The van der Waals surface area contributed by atoms with Crippen molar-refractivity contribution in [3.8, 4) is 11.1 Å². The van der Waals surface area contributed by atoms with Crippen LogP contribution in [0.25, 0.3) is 22.0 Å². The predicted molar refractivity (Wildman–Crippen MR) is 86.8 cm³/mol. The molecule has 0 unspecified atom stereocenters. The monoisotopic (exact) mass is 317 g/mol. The third-order valence-corrected chi connectivity index (χ3v) is 3.72. The zero-order chi connectivity index (χ0) is 15.7. The molecule has 6 heteroatoms. The molecule has 0 aliphatic heterocycles. The number of hydrogen-bond donors (Lipinski definition) is 1. The number of fused-ring (bicyclic) bond motifs is 1. The van der Waals surface area contributed by atoms with E-state index in [1.807, 2.05) is 0 Å². The lowest BCUT2D eigenvalue weighted by Gasteiger charge is -2.11. The molecule has 1 heterocycles. The van der Waals surface area contributed by atoms with Gasteiger partial charge in [-0.05, 0) is 36.8 Å². The summed E-state index contributed by atoms with van der Waals surface area (Å²) in [6.45, 7) is 1.80. The second-order valence-corrected chi connectivity index (χ2v) is 5.39. The minimum Gasteiger partial charge on any atom is -0.327 e. The second kappa shape index (κ2) is 5.88. The molecule has 0 atom stereocenters. The Morgan fingerprint density at radius 2 is 1.95 bits per heavy atom. The number of aryl methyl sites for hydroxylation is 1.